The van der Waals surface area contributed by atoms with Crippen molar-refractivity contribution in [2.24, 2.45) is 0 Å². The van der Waals surface area contributed by atoms with Crippen LogP contribution in [0.3, 0.4) is 0 Å². The molecule has 6 nitrogen and oxygen atoms in total. The second-order valence-corrected chi connectivity index (χ2v) is 5.94. The van der Waals surface area contributed by atoms with Gasteiger partial charge in [-0.1, -0.05) is 0 Å². The van der Waals surface area contributed by atoms with E-state index in [2.05, 4.69) is 5.32 Å². The minimum Gasteiger partial charge on any atom is -0.504 e. The molecule has 2 aliphatic heterocycles. The molecular formula is C16H23ClN2O4. The molecule has 0 saturated carbocycles. The maximum atomic E-state index is 11.8. The summed E-state index contributed by atoms with van der Waals surface area (Å²) in [7, 11) is 0. The zero-order valence-electron chi connectivity index (χ0n) is 13.2. The third kappa shape index (κ3) is 3.19. The van der Waals surface area contributed by atoms with Gasteiger partial charge in [0.15, 0.2) is 11.5 Å². The first-order valence-electron chi connectivity index (χ1n) is 7.78. The van der Waals surface area contributed by atoms with Gasteiger partial charge >= 0.3 is 6.09 Å². The van der Waals surface area contributed by atoms with Crippen molar-refractivity contribution < 1.29 is 19.7 Å². The van der Waals surface area contributed by atoms with Gasteiger partial charge in [0.1, 0.15) is 0 Å². The number of likely N-dealkylation sites (tertiary alicyclic amines) is 1. The van der Waals surface area contributed by atoms with Crippen LogP contribution in [-0.2, 0) is 16.7 Å². The van der Waals surface area contributed by atoms with E-state index in [4.69, 9.17) is 4.74 Å². The van der Waals surface area contributed by atoms with E-state index >= 15 is 0 Å². The molecular weight excluding hydrogens is 320 g/mol. The van der Waals surface area contributed by atoms with E-state index in [1.807, 2.05) is 0 Å². The number of piperidine rings is 1. The lowest BCUT2D eigenvalue weighted by molar-refractivity contribution is 0.0782. The van der Waals surface area contributed by atoms with Gasteiger partial charge in [-0.25, -0.2) is 4.79 Å². The van der Waals surface area contributed by atoms with Crippen LogP contribution in [0, 0.1) is 0 Å². The number of carbonyl (C=O) groups is 1. The highest BCUT2D eigenvalue weighted by Gasteiger charge is 2.41. The van der Waals surface area contributed by atoms with E-state index in [0.717, 1.165) is 36.9 Å². The molecule has 1 aromatic carbocycles. The molecule has 128 valence electrons. The van der Waals surface area contributed by atoms with Gasteiger partial charge < -0.3 is 25.2 Å². The molecule has 3 N–H and O–H groups in total. The van der Waals surface area contributed by atoms with Crippen molar-refractivity contribution in [2.45, 2.75) is 31.7 Å². The van der Waals surface area contributed by atoms with E-state index in [1.54, 1.807) is 24.0 Å². The molecule has 0 aromatic heterocycles. The summed E-state index contributed by atoms with van der Waals surface area (Å²) < 4.78 is 5.05. The van der Waals surface area contributed by atoms with Crippen molar-refractivity contribution in [1.82, 2.24) is 10.2 Å². The van der Waals surface area contributed by atoms with Crippen molar-refractivity contribution in [2.75, 3.05) is 26.2 Å². The van der Waals surface area contributed by atoms with Crippen LogP contribution in [0.25, 0.3) is 0 Å². The van der Waals surface area contributed by atoms with E-state index in [0.29, 0.717) is 19.7 Å². The molecule has 1 amide bonds. The van der Waals surface area contributed by atoms with Gasteiger partial charge in [-0.05, 0) is 49.4 Å². The summed E-state index contributed by atoms with van der Waals surface area (Å²) in [5, 5.41) is 23.1. The number of hydrogen-bond acceptors (Lipinski definition) is 5. The maximum Gasteiger partial charge on any atom is 0.409 e. The SMILES string of the molecule is CCOC(=O)N1CCC2(CC1)NCCc1cc(O)c(O)cc12.Cl. The number of carbonyl (C=O) groups excluding carboxylic acids is 1. The first kappa shape index (κ1) is 17.7. The average molecular weight is 343 g/mol. The predicted molar refractivity (Wildman–Crippen MR) is 88.2 cm³/mol. The van der Waals surface area contributed by atoms with Crippen molar-refractivity contribution in [3.63, 3.8) is 0 Å². The third-order valence-electron chi connectivity index (χ3n) is 4.72. The average Bonchev–Trinajstić information content (AvgIpc) is 2.51. The topological polar surface area (TPSA) is 82.0 Å². The van der Waals surface area contributed by atoms with E-state index < -0.39 is 0 Å². The number of phenols is 2. The van der Waals surface area contributed by atoms with Crippen LogP contribution < -0.4 is 5.32 Å². The second-order valence-electron chi connectivity index (χ2n) is 5.94. The van der Waals surface area contributed by atoms with Crippen LogP contribution in [0.5, 0.6) is 11.5 Å². The molecule has 0 radical (unpaired) electrons. The number of halogens is 1. The quantitative estimate of drug-likeness (QED) is 0.681. The highest BCUT2D eigenvalue weighted by molar-refractivity contribution is 5.85. The number of nitrogens with zero attached hydrogens (tertiary/aromatic N) is 1. The summed E-state index contributed by atoms with van der Waals surface area (Å²) in [6.07, 6.45) is 2.10. The number of rotatable bonds is 1. The highest BCUT2D eigenvalue weighted by Crippen LogP contribution is 2.41. The Bertz CT molecular complexity index is 586. The molecule has 1 aromatic rings. The monoisotopic (exact) mass is 342 g/mol. The van der Waals surface area contributed by atoms with Gasteiger partial charge in [0.2, 0.25) is 0 Å². The molecule has 1 spiro atoms. The lowest BCUT2D eigenvalue weighted by Crippen LogP contribution is -2.55. The lowest BCUT2D eigenvalue weighted by atomic mass is 9.75. The summed E-state index contributed by atoms with van der Waals surface area (Å²) in [4.78, 5) is 13.6. The van der Waals surface area contributed by atoms with Crippen LogP contribution in [0.15, 0.2) is 12.1 Å². The molecule has 1 fully saturated rings. The summed E-state index contributed by atoms with van der Waals surface area (Å²) in [5.74, 6) is -0.158. The van der Waals surface area contributed by atoms with Crippen LogP contribution >= 0.6 is 12.4 Å². The zero-order valence-corrected chi connectivity index (χ0v) is 14.0. The zero-order chi connectivity index (χ0) is 15.7. The largest absolute Gasteiger partial charge is 0.504 e. The van der Waals surface area contributed by atoms with Crippen LogP contribution in [-0.4, -0.2) is 47.4 Å². The molecule has 0 unspecified atom stereocenters. The van der Waals surface area contributed by atoms with Crippen LogP contribution in [0.2, 0.25) is 0 Å². The van der Waals surface area contributed by atoms with Gasteiger partial charge in [-0.2, -0.15) is 0 Å². The van der Waals surface area contributed by atoms with Crippen molar-refractivity contribution in [3.8, 4) is 11.5 Å². The molecule has 7 heteroatoms. The van der Waals surface area contributed by atoms with Crippen LogP contribution in [0.1, 0.15) is 30.9 Å². The fourth-order valence-corrected chi connectivity index (χ4v) is 3.54. The molecule has 0 atom stereocenters. The summed E-state index contributed by atoms with van der Waals surface area (Å²) in [5.41, 5.74) is 1.87. The summed E-state index contributed by atoms with van der Waals surface area (Å²) in [6.45, 7) is 4.25. The number of nitrogens with one attached hydrogen (secondary N) is 1. The number of phenolic OH excluding ortho intramolecular Hbond substituents is 2. The molecule has 2 aliphatic rings. The maximum absolute atomic E-state index is 11.8. The van der Waals surface area contributed by atoms with Gasteiger partial charge in [-0.3, -0.25) is 0 Å². The van der Waals surface area contributed by atoms with Crippen molar-refractivity contribution in [1.29, 1.82) is 0 Å². The van der Waals surface area contributed by atoms with Crippen molar-refractivity contribution in [3.05, 3.63) is 23.3 Å². The number of ether oxygens (including phenoxy) is 1. The van der Waals surface area contributed by atoms with Crippen LogP contribution in [0.4, 0.5) is 4.79 Å². The van der Waals surface area contributed by atoms with E-state index in [-0.39, 0.29) is 35.5 Å². The second kappa shape index (κ2) is 6.84. The Labute approximate surface area is 141 Å². The molecule has 0 bridgehead atoms. The lowest BCUT2D eigenvalue weighted by Gasteiger charge is -2.45. The minimum absolute atomic E-state index is 0. The van der Waals surface area contributed by atoms with Gasteiger partial charge in [0, 0.05) is 25.2 Å². The van der Waals surface area contributed by atoms with Gasteiger partial charge in [0.25, 0.3) is 0 Å². The molecule has 2 heterocycles. The first-order valence-corrected chi connectivity index (χ1v) is 7.78. The minimum atomic E-state index is -0.262. The Morgan fingerprint density at radius 2 is 1.96 bits per heavy atom. The van der Waals surface area contributed by atoms with E-state index in [1.165, 1.54) is 0 Å². The smallest absolute Gasteiger partial charge is 0.409 e. The molecule has 1 saturated heterocycles. The number of aromatic hydroxyl groups is 2. The highest BCUT2D eigenvalue weighted by atomic mass is 35.5. The fourth-order valence-electron chi connectivity index (χ4n) is 3.54. The normalized spacial score (nSPS) is 18.9. The number of fused-ring (bicyclic) bond motifs is 2. The Kier molecular flexibility index (Phi) is 5.26. The fraction of sp³-hybridized carbons (Fsp3) is 0.562. The first-order chi connectivity index (χ1) is 10.6. The predicted octanol–water partition coefficient (Wildman–Crippen LogP) is 2.11. The third-order valence-corrected chi connectivity index (χ3v) is 4.72. The Balaban J connectivity index is 0.00000192. The Morgan fingerprint density at radius 3 is 2.61 bits per heavy atom. The molecule has 0 aliphatic carbocycles. The molecule has 23 heavy (non-hydrogen) atoms. The van der Waals surface area contributed by atoms with Gasteiger partial charge in [0.05, 0.1) is 6.61 Å². The number of hydrogen-bond donors (Lipinski definition) is 3. The number of amides is 1. The Morgan fingerprint density at radius 1 is 1.30 bits per heavy atom. The summed E-state index contributed by atoms with van der Waals surface area (Å²) in [6, 6.07) is 3.32. The van der Waals surface area contributed by atoms with E-state index in [9.17, 15) is 15.0 Å². The van der Waals surface area contributed by atoms with Crippen molar-refractivity contribution >= 4 is 18.5 Å². The standard InChI is InChI=1S/C16H22N2O4.ClH/c1-2-22-15(21)18-7-4-16(5-8-18)12-10-14(20)13(19)9-11(12)3-6-17-16;/h9-10,17,19-20H,2-8H2,1H3;1H. The molecule has 3 rings (SSSR count). The summed E-state index contributed by atoms with van der Waals surface area (Å²) >= 11 is 0. The Hall–Kier alpha value is -1.66. The number of benzene rings is 1. The van der Waals surface area contributed by atoms with Gasteiger partial charge in [-0.15, -0.1) is 12.4 Å².